The molecule has 0 N–H and O–H groups in total. The Labute approximate surface area is 180 Å². The highest BCUT2D eigenvalue weighted by Crippen LogP contribution is 2.24. The molecule has 0 radical (unpaired) electrons. The van der Waals surface area contributed by atoms with Crippen LogP contribution < -0.4 is 10.5 Å². The Hall–Kier alpha value is -2.90. The molecule has 1 saturated heterocycles. The van der Waals surface area contributed by atoms with E-state index in [2.05, 4.69) is 15.0 Å². The minimum atomic E-state index is -0.0490. The number of nitrogens with zero attached hydrogens (tertiary/aromatic N) is 5. The van der Waals surface area contributed by atoms with Crippen LogP contribution in [-0.4, -0.2) is 45.5 Å². The van der Waals surface area contributed by atoms with E-state index in [1.165, 1.54) is 0 Å². The largest absolute Gasteiger partial charge is 0.380 e. The third-order valence-electron chi connectivity index (χ3n) is 5.42. The summed E-state index contributed by atoms with van der Waals surface area (Å²) in [7, 11) is 0. The van der Waals surface area contributed by atoms with E-state index < -0.39 is 0 Å². The Kier molecular flexibility index (Phi) is 6.01. The number of aryl methyl sites for hydroxylation is 2. The molecule has 1 aliphatic rings. The molecule has 1 aromatic carbocycles. The first-order valence-corrected chi connectivity index (χ1v) is 10.0. The van der Waals surface area contributed by atoms with Gasteiger partial charge in [-0.2, -0.15) is 5.10 Å². The van der Waals surface area contributed by atoms with Crippen LogP contribution in [0.4, 0.5) is 5.69 Å². The van der Waals surface area contributed by atoms with Crippen molar-refractivity contribution in [2.24, 2.45) is 0 Å². The Balaban J connectivity index is 0.00000218. The van der Waals surface area contributed by atoms with E-state index in [0.717, 1.165) is 53.9 Å². The van der Waals surface area contributed by atoms with Gasteiger partial charge in [0.25, 0.3) is 5.56 Å². The van der Waals surface area contributed by atoms with E-state index in [-0.39, 0.29) is 18.0 Å². The van der Waals surface area contributed by atoms with Gasteiger partial charge >= 0.3 is 0 Å². The van der Waals surface area contributed by atoms with Crippen LogP contribution in [0.3, 0.4) is 0 Å². The summed E-state index contributed by atoms with van der Waals surface area (Å²) < 4.78 is 9.13. The minimum absolute atomic E-state index is 0. The summed E-state index contributed by atoms with van der Waals surface area (Å²) in [6.45, 7) is 3.63. The van der Waals surface area contributed by atoms with Crippen molar-refractivity contribution < 1.29 is 4.74 Å². The van der Waals surface area contributed by atoms with Crippen molar-refractivity contribution in [1.29, 1.82) is 0 Å². The predicted octanol–water partition coefficient (Wildman–Crippen LogP) is 2.94. The van der Waals surface area contributed by atoms with Gasteiger partial charge in [0.15, 0.2) is 0 Å². The molecule has 5 rings (SSSR count). The maximum absolute atomic E-state index is 13.3. The lowest BCUT2D eigenvalue weighted by Crippen LogP contribution is -2.29. The lowest BCUT2D eigenvalue weighted by molar-refractivity contribution is 0.152. The predicted molar refractivity (Wildman–Crippen MR) is 120 cm³/mol. The van der Waals surface area contributed by atoms with Crippen LogP contribution in [-0.2, 0) is 17.7 Å². The Bertz CT molecular complexity index is 1180. The smallest absolute Gasteiger partial charge is 0.276 e. The highest BCUT2D eigenvalue weighted by Gasteiger charge is 2.16. The fourth-order valence-electron chi connectivity index (χ4n) is 3.95. The molecule has 0 saturated carbocycles. The zero-order chi connectivity index (χ0) is 19.6. The van der Waals surface area contributed by atoms with Gasteiger partial charge in [-0.05, 0) is 24.6 Å². The maximum Gasteiger partial charge on any atom is 0.276 e. The van der Waals surface area contributed by atoms with Gasteiger partial charge in [-0.1, -0.05) is 18.2 Å². The zero-order valence-electron chi connectivity index (χ0n) is 16.6. The number of fused-ring (bicyclic) bond motifs is 2. The van der Waals surface area contributed by atoms with Gasteiger partial charge in [-0.25, -0.2) is 9.67 Å². The number of pyridine rings is 1. The average Bonchev–Trinajstić information content (AvgIpc) is 2.97. The zero-order valence-corrected chi connectivity index (χ0v) is 17.4. The van der Waals surface area contributed by atoms with Crippen molar-refractivity contribution in [2.45, 2.75) is 19.4 Å². The van der Waals surface area contributed by atoms with Gasteiger partial charge in [0.1, 0.15) is 5.65 Å². The normalized spacial score (nSPS) is 14.6. The molecular formula is C22H24ClN5O2. The third kappa shape index (κ3) is 3.91. The molecule has 156 valence electrons. The van der Waals surface area contributed by atoms with Crippen LogP contribution in [0.5, 0.6) is 0 Å². The first-order chi connectivity index (χ1) is 14.3. The van der Waals surface area contributed by atoms with E-state index in [9.17, 15) is 4.79 Å². The van der Waals surface area contributed by atoms with Crippen molar-refractivity contribution in [3.05, 3.63) is 71.0 Å². The van der Waals surface area contributed by atoms with E-state index >= 15 is 0 Å². The van der Waals surface area contributed by atoms with E-state index in [1.807, 2.05) is 53.2 Å². The number of anilines is 1. The average molecular weight is 426 g/mol. The SMILES string of the molecule is Cl.O=c1c2c(N3CCCOCC3)cccc2cnn1CCc1cn2ccccc2n1. The second-order valence-corrected chi connectivity index (χ2v) is 7.32. The summed E-state index contributed by atoms with van der Waals surface area (Å²) in [5, 5.41) is 6.02. The molecule has 8 heteroatoms. The van der Waals surface area contributed by atoms with Crippen LogP contribution in [0, 0.1) is 0 Å². The number of hydrogen-bond acceptors (Lipinski definition) is 5. The molecule has 4 aromatic rings. The molecule has 0 unspecified atom stereocenters. The summed E-state index contributed by atoms with van der Waals surface area (Å²) in [5.41, 5.74) is 2.78. The standard InChI is InChI=1S/C22H23N5O2.ClH/c28-22-21-17(5-3-6-19(21)25-10-4-13-29-14-12-25)15-23-27(22)11-8-18-16-26-9-2-1-7-20(26)24-18;/h1-3,5-7,9,15-16H,4,8,10-14H2;1H. The van der Waals surface area contributed by atoms with Crippen LogP contribution in [0.2, 0.25) is 0 Å². The fourth-order valence-corrected chi connectivity index (χ4v) is 3.95. The molecule has 1 aliphatic heterocycles. The van der Waals surface area contributed by atoms with E-state index in [1.54, 1.807) is 10.9 Å². The first kappa shape index (κ1) is 20.4. The molecule has 3 aromatic heterocycles. The Morgan fingerprint density at radius 3 is 2.90 bits per heavy atom. The number of aromatic nitrogens is 4. The van der Waals surface area contributed by atoms with Crippen molar-refractivity contribution in [3.8, 4) is 0 Å². The van der Waals surface area contributed by atoms with E-state index in [0.29, 0.717) is 19.6 Å². The number of imidazole rings is 1. The monoisotopic (exact) mass is 425 g/mol. The van der Waals surface area contributed by atoms with Gasteiger partial charge in [-0.3, -0.25) is 4.79 Å². The van der Waals surface area contributed by atoms with Gasteiger partial charge in [0, 0.05) is 43.9 Å². The molecule has 0 spiro atoms. The highest BCUT2D eigenvalue weighted by molar-refractivity contribution is 5.93. The molecule has 4 heterocycles. The maximum atomic E-state index is 13.3. The van der Waals surface area contributed by atoms with Crippen molar-refractivity contribution >= 4 is 34.5 Å². The first-order valence-electron chi connectivity index (χ1n) is 10.0. The topological polar surface area (TPSA) is 64.7 Å². The van der Waals surface area contributed by atoms with Crippen LogP contribution >= 0.6 is 12.4 Å². The van der Waals surface area contributed by atoms with Crippen molar-refractivity contribution in [3.63, 3.8) is 0 Å². The quantitative estimate of drug-likeness (QED) is 0.503. The molecule has 0 amide bonds. The van der Waals surface area contributed by atoms with Gasteiger partial charge in [0.05, 0.1) is 36.1 Å². The summed E-state index contributed by atoms with van der Waals surface area (Å²) in [4.78, 5) is 20.2. The lowest BCUT2D eigenvalue weighted by Gasteiger charge is -2.23. The summed E-state index contributed by atoms with van der Waals surface area (Å²) in [6, 6.07) is 11.9. The van der Waals surface area contributed by atoms with E-state index in [4.69, 9.17) is 4.74 Å². The van der Waals surface area contributed by atoms with Crippen LogP contribution in [0.15, 0.2) is 59.8 Å². The number of rotatable bonds is 4. The van der Waals surface area contributed by atoms with Crippen molar-refractivity contribution in [1.82, 2.24) is 19.2 Å². The summed E-state index contributed by atoms with van der Waals surface area (Å²) in [6.07, 6.45) is 7.38. The molecule has 0 aliphatic carbocycles. The molecule has 7 nitrogen and oxygen atoms in total. The third-order valence-corrected chi connectivity index (χ3v) is 5.42. The molecule has 0 atom stereocenters. The summed E-state index contributed by atoms with van der Waals surface area (Å²) in [5.74, 6) is 0. The minimum Gasteiger partial charge on any atom is -0.380 e. The number of benzene rings is 1. The second kappa shape index (κ2) is 8.85. The Morgan fingerprint density at radius 2 is 2.00 bits per heavy atom. The van der Waals surface area contributed by atoms with Crippen LogP contribution in [0.1, 0.15) is 12.1 Å². The Morgan fingerprint density at radius 1 is 1.07 bits per heavy atom. The van der Waals surface area contributed by atoms with Gasteiger partial charge < -0.3 is 14.0 Å². The number of hydrogen-bond donors (Lipinski definition) is 0. The fraction of sp³-hybridized carbons (Fsp3) is 0.318. The summed E-state index contributed by atoms with van der Waals surface area (Å²) >= 11 is 0. The van der Waals surface area contributed by atoms with Crippen LogP contribution in [0.25, 0.3) is 16.4 Å². The highest BCUT2D eigenvalue weighted by atomic mass is 35.5. The number of ether oxygens (including phenoxy) is 1. The van der Waals surface area contributed by atoms with Crippen molar-refractivity contribution in [2.75, 3.05) is 31.2 Å². The molecular weight excluding hydrogens is 402 g/mol. The molecule has 0 bridgehead atoms. The molecule has 30 heavy (non-hydrogen) atoms. The van der Waals surface area contributed by atoms with Gasteiger partial charge in [0.2, 0.25) is 0 Å². The molecule has 1 fully saturated rings. The number of halogens is 1. The van der Waals surface area contributed by atoms with Gasteiger partial charge in [-0.15, -0.1) is 12.4 Å². The lowest BCUT2D eigenvalue weighted by atomic mass is 10.1. The second-order valence-electron chi connectivity index (χ2n) is 7.32.